The quantitative estimate of drug-likeness (QED) is 0.828. The van der Waals surface area contributed by atoms with Crippen LogP contribution in [0.2, 0.25) is 5.02 Å². The summed E-state index contributed by atoms with van der Waals surface area (Å²) in [7, 11) is 0. The van der Waals surface area contributed by atoms with Crippen molar-refractivity contribution in [1.29, 1.82) is 0 Å². The van der Waals surface area contributed by atoms with Crippen LogP contribution in [0.15, 0.2) is 42.5 Å². The average Bonchev–Trinajstić information content (AvgIpc) is 2.68. The molecular formula is C21H24ClN3O2. The largest absolute Gasteiger partial charge is 0.352 e. The number of likely N-dealkylation sites (N-methyl/N-ethyl adjacent to an activating group) is 1. The van der Waals surface area contributed by atoms with E-state index in [0.717, 1.165) is 13.1 Å². The lowest BCUT2D eigenvalue weighted by Gasteiger charge is -2.35. The third-order valence-electron chi connectivity index (χ3n) is 4.87. The molecule has 142 valence electrons. The van der Waals surface area contributed by atoms with E-state index in [0.29, 0.717) is 29.2 Å². The number of rotatable bonds is 5. The molecule has 1 unspecified atom stereocenters. The number of anilines is 1. The smallest absolute Gasteiger partial charge is 0.252 e. The number of hydrogen-bond acceptors (Lipinski definition) is 3. The number of nitrogens with zero attached hydrogens (tertiary/aromatic N) is 1. The predicted octanol–water partition coefficient (Wildman–Crippen LogP) is 3.48. The monoisotopic (exact) mass is 385 g/mol. The van der Waals surface area contributed by atoms with Crippen molar-refractivity contribution in [3.63, 3.8) is 0 Å². The minimum absolute atomic E-state index is 0.0736. The van der Waals surface area contributed by atoms with Crippen LogP contribution < -0.4 is 10.6 Å². The first-order valence-corrected chi connectivity index (χ1v) is 9.60. The van der Waals surface area contributed by atoms with E-state index in [1.54, 1.807) is 18.2 Å². The molecule has 0 aliphatic carbocycles. The molecule has 2 aromatic rings. The summed E-state index contributed by atoms with van der Waals surface area (Å²) < 4.78 is 0. The van der Waals surface area contributed by atoms with Gasteiger partial charge in [-0.05, 0) is 49.2 Å². The normalized spacial score (nSPS) is 16.5. The summed E-state index contributed by atoms with van der Waals surface area (Å²) in [4.78, 5) is 27.2. The number of hydrogen-bond donors (Lipinski definition) is 2. The topological polar surface area (TPSA) is 61.4 Å². The minimum Gasteiger partial charge on any atom is -0.352 e. The van der Waals surface area contributed by atoms with Crippen LogP contribution in [0.5, 0.6) is 0 Å². The maximum Gasteiger partial charge on any atom is 0.252 e. The van der Waals surface area contributed by atoms with E-state index in [1.165, 1.54) is 11.1 Å². The lowest BCUT2D eigenvalue weighted by Crippen LogP contribution is -2.47. The summed E-state index contributed by atoms with van der Waals surface area (Å²) >= 11 is 6.13. The zero-order valence-electron chi connectivity index (χ0n) is 15.6. The zero-order chi connectivity index (χ0) is 19.4. The molecule has 3 rings (SSSR count). The number of fused-ring (bicyclic) bond motifs is 1. The molecule has 1 heterocycles. The fourth-order valence-electron chi connectivity index (χ4n) is 3.43. The molecular weight excluding hydrogens is 362 g/mol. The van der Waals surface area contributed by atoms with Gasteiger partial charge in [0, 0.05) is 18.8 Å². The highest BCUT2D eigenvalue weighted by molar-refractivity contribution is 6.34. The Bertz CT molecular complexity index is 853. The molecule has 0 fully saturated rings. The molecule has 5 nitrogen and oxygen atoms in total. The highest BCUT2D eigenvalue weighted by atomic mass is 35.5. The number of carbonyl (C=O) groups is 2. The van der Waals surface area contributed by atoms with Crippen LogP contribution in [0.1, 0.15) is 35.3 Å². The van der Waals surface area contributed by atoms with Gasteiger partial charge >= 0.3 is 0 Å². The van der Waals surface area contributed by atoms with Gasteiger partial charge in [-0.2, -0.15) is 0 Å². The summed E-state index contributed by atoms with van der Waals surface area (Å²) in [5, 5.41) is 6.04. The van der Waals surface area contributed by atoms with Gasteiger partial charge in [0.05, 0.1) is 16.6 Å². The zero-order valence-corrected chi connectivity index (χ0v) is 16.3. The second-order valence-corrected chi connectivity index (χ2v) is 7.00. The van der Waals surface area contributed by atoms with Gasteiger partial charge in [0.15, 0.2) is 0 Å². The van der Waals surface area contributed by atoms with Crippen LogP contribution in [0.4, 0.5) is 5.69 Å². The summed E-state index contributed by atoms with van der Waals surface area (Å²) in [5.41, 5.74) is 3.41. The molecule has 27 heavy (non-hydrogen) atoms. The van der Waals surface area contributed by atoms with Gasteiger partial charge in [-0.25, -0.2) is 0 Å². The molecule has 2 N–H and O–H groups in total. The Morgan fingerprint density at radius 1 is 1.15 bits per heavy atom. The third-order valence-corrected chi connectivity index (χ3v) is 5.20. The van der Waals surface area contributed by atoms with Crippen molar-refractivity contribution >= 4 is 29.1 Å². The molecule has 1 aliphatic rings. The summed E-state index contributed by atoms with van der Waals surface area (Å²) in [6, 6.07) is 13.0. The maximum atomic E-state index is 13.0. The molecule has 2 amide bonds. The first-order chi connectivity index (χ1) is 13.0. The highest BCUT2D eigenvalue weighted by Gasteiger charge is 2.30. The molecule has 0 bridgehead atoms. The number of amides is 2. The first-order valence-electron chi connectivity index (χ1n) is 9.23. The Kier molecular flexibility index (Phi) is 6.14. The van der Waals surface area contributed by atoms with Gasteiger partial charge < -0.3 is 10.6 Å². The fraction of sp³-hybridized carbons (Fsp3) is 0.333. The van der Waals surface area contributed by atoms with Crippen LogP contribution in [0, 0.1) is 0 Å². The fourth-order valence-corrected chi connectivity index (χ4v) is 3.63. The second kappa shape index (κ2) is 8.55. The van der Waals surface area contributed by atoms with Gasteiger partial charge in [-0.1, -0.05) is 42.8 Å². The summed E-state index contributed by atoms with van der Waals surface area (Å²) in [6.07, 6.45) is 0.673. The Labute approximate surface area is 164 Å². The van der Waals surface area contributed by atoms with Gasteiger partial charge in [-0.15, -0.1) is 0 Å². The molecule has 0 aromatic heterocycles. The van der Waals surface area contributed by atoms with Gasteiger partial charge in [-0.3, -0.25) is 14.5 Å². The second-order valence-electron chi connectivity index (χ2n) is 6.60. The van der Waals surface area contributed by atoms with Crippen LogP contribution in [0.25, 0.3) is 0 Å². The molecule has 6 heteroatoms. The number of benzene rings is 2. The summed E-state index contributed by atoms with van der Waals surface area (Å²) in [5.74, 6) is -0.323. The molecule has 0 saturated heterocycles. The Morgan fingerprint density at radius 3 is 2.59 bits per heavy atom. The van der Waals surface area contributed by atoms with Crippen molar-refractivity contribution < 1.29 is 9.59 Å². The van der Waals surface area contributed by atoms with Crippen LogP contribution in [-0.4, -0.2) is 35.8 Å². The van der Waals surface area contributed by atoms with Gasteiger partial charge in [0.2, 0.25) is 5.91 Å². The SMILES string of the molecule is CCNC(=O)c1cc(NC(=O)C2Cc3ccccc3CN2CC)ccc1Cl. The van der Waals surface area contributed by atoms with Crippen molar-refractivity contribution in [3.05, 3.63) is 64.2 Å². The minimum atomic E-state index is -0.250. The van der Waals surface area contributed by atoms with Crippen molar-refractivity contribution in [2.75, 3.05) is 18.4 Å². The van der Waals surface area contributed by atoms with E-state index < -0.39 is 0 Å². The molecule has 0 spiro atoms. The van der Waals surface area contributed by atoms with Crippen molar-refractivity contribution in [1.82, 2.24) is 10.2 Å². The van der Waals surface area contributed by atoms with Gasteiger partial charge in [0.1, 0.15) is 0 Å². The van der Waals surface area contributed by atoms with Crippen molar-refractivity contribution in [2.24, 2.45) is 0 Å². The summed E-state index contributed by atoms with van der Waals surface area (Å²) in [6.45, 7) is 5.97. The number of halogens is 1. The maximum absolute atomic E-state index is 13.0. The molecule has 0 radical (unpaired) electrons. The average molecular weight is 386 g/mol. The van der Waals surface area contributed by atoms with E-state index in [2.05, 4.69) is 34.6 Å². The molecule has 1 aliphatic heterocycles. The van der Waals surface area contributed by atoms with E-state index >= 15 is 0 Å². The van der Waals surface area contributed by atoms with E-state index in [9.17, 15) is 9.59 Å². The standard InChI is InChI=1S/C21H24ClN3O2/c1-3-23-20(26)17-12-16(9-10-18(17)22)24-21(27)19-11-14-7-5-6-8-15(14)13-25(19)4-2/h5-10,12,19H,3-4,11,13H2,1-2H3,(H,23,26)(H,24,27). The predicted molar refractivity (Wildman–Crippen MR) is 108 cm³/mol. The molecule has 2 aromatic carbocycles. The first kappa shape index (κ1) is 19.4. The van der Waals surface area contributed by atoms with Crippen LogP contribution in [-0.2, 0) is 17.8 Å². The van der Waals surface area contributed by atoms with Crippen molar-refractivity contribution in [3.8, 4) is 0 Å². The van der Waals surface area contributed by atoms with E-state index in [-0.39, 0.29) is 17.9 Å². The highest BCUT2D eigenvalue weighted by Crippen LogP contribution is 2.25. The van der Waals surface area contributed by atoms with Crippen LogP contribution >= 0.6 is 11.6 Å². The van der Waals surface area contributed by atoms with Gasteiger partial charge in [0.25, 0.3) is 5.91 Å². The number of carbonyl (C=O) groups excluding carboxylic acids is 2. The van der Waals surface area contributed by atoms with Crippen molar-refractivity contribution in [2.45, 2.75) is 32.9 Å². The lowest BCUT2D eigenvalue weighted by molar-refractivity contribution is -0.121. The Hall–Kier alpha value is -2.37. The lowest BCUT2D eigenvalue weighted by atomic mass is 9.93. The Balaban J connectivity index is 1.79. The van der Waals surface area contributed by atoms with Crippen LogP contribution in [0.3, 0.4) is 0 Å². The number of nitrogens with one attached hydrogen (secondary N) is 2. The van der Waals surface area contributed by atoms with E-state index in [4.69, 9.17) is 11.6 Å². The molecule has 1 atom stereocenters. The Morgan fingerprint density at radius 2 is 1.89 bits per heavy atom. The third kappa shape index (κ3) is 4.31. The van der Waals surface area contributed by atoms with E-state index in [1.807, 2.05) is 19.1 Å². The molecule has 0 saturated carbocycles.